The van der Waals surface area contributed by atoms with Crippen molar-refractivity contribution in [3.05, 3.63) is 35.4 Å². The standard InChI is InChI=1S/C13H17N3OS/c1-16(13(18)15-6-7-17-2)10-12-5-3-4-11(8-12)9-14/h3-5,8H,6-7,10H2,1-2H3,(H,15,18). The van der Waals surface area contributed by atoms with Gasteiger partial charge < -0.3 is 15.0 Å². The van der Waals surface area contributed by atoms with Crippen molar-refractivity contribution in [2.75, 3.05) is 27.3 Å². The second kappa shape index (κ2) is 7.64. The topological polar surface area (TPSA) is 48.3 Å². The van der Waals surface area contributed by atoms with E-state index < -0.39 is 0 Å². The molecule has 0 amide bonds. The molecular formula is C13H17N3OS. The summed E-state index contributed by atoms with van der Waals surface area (Å²) in [6.07, 6.45) is 0. The molecule has 0 aliphatic rings. The Morgan fingerprint density at radius 1 is 1.56 bits per heavy atom. The molecule has 0 aliphatic heterocycles. The van der Waals surface area contributed by atoms with Crippen molar-refractivity contribution < 1.29 is 4.74 Å². The molecule has 0 unspecified atom stereocenters. The van der Waals surface area contributed by atoms with Gasteiger partial charge in [0, 0.05) is 27.2 Å². The van der Waals surface area contributed by atoms with Crippen LogP contribution < -0.4 is 5.32 Å². The number of rotatable bonds is 5. The highest BCUT2D eigenvalue weighted by Crippen LogP contribution is 2.06. The average Bonchev–Trinajstić information content (AvgIpc) is 2.39. The lowest BCUT2D eigenvalue weighted by Gasteiger charge is -2.21. The number of hydrogen-bond acceptors (Lipinski definition) is 3. The maximum absolute atomic E-state index is 8.83. The van der Waals surface area contributed by atoms with Crippen LogP contribution in [0.2, 0.25) is 0 Å². The Morgan fingerprint density at radius 3 is 3.00 bits per heavy atom. The van der Waals surface area contributed by atoms with Crippen LogP contribution in [0.4, 0.5) is 0 Å². The van der Waals surface area contributed by atoms with E-state index in [0.29, 0.717) is 30.4 Å². The molecule has 1 aromatic rings. The minimum Gasteiger partial charge on any atom is -0.383 e. The SMILES string of the molecule is COCCNC(=S)N(C)Cc1cccc(C#N)c1. The van der Waals surface area contributed by atoms with Crippen LogP contribution >= 0.6 is 12.2 Å². The number of nitriles is 1. The van der Waals surface area contributed by atoms with E-state index in [1.54, 1.807) is 13.2 Å². The highest BCUT2D eigenvalue weighted by molar-refractivity contribution is 7.80. The summed E-state index contributed by atoms with van der Waals surface area (Å²) in [6.45, 7) is 1.99. The zero-order valence-corrected chi connectivity index (χ0v) is 11.5. The van der Waals surface area contributed by atoms with E-state index in [9.17, 15) is 0 Å². The summed E-state index contributed by atoms with van der Waals surface area (Å²) in [4.78, 5) is 1.93. The first-order chi connectivity index (χ1) is 8.67. The van der Waals surface area contributed by atoms with Crippen LogP contribution in [0.25, 0.3) is 0 Å². The molecule has 1 rings (SSSR count). The predicted octanol–water partition coefficient (Wildman–Crippen LogP) is 1.51. The zero-order chi connectivity index (χ0) is 13.4. The molecular weight excluding hydrogens is 246 g/mol. The van der Waals surface area contributed by atoms with Gasteiger partial charge in [-0.3, -0.25) is 0 Å². The molecule has 1 aromatic carbocycles. The normalized spacial score (nSPS) is 9.61. The summed E-state index contributed by atoms with van der Waals surface area (Å²) in [6, 6.07) is 9.65. The number of nitrogens with one attached hydrogen (secondary N) is 1. The number of thiocarbonyl (C=S) groups is 1. The van der Waals surface area contributed by atoms with Crippen LogP contribution in [0, 0.1) is 11.3 Å². The Balaban J connectivity index is 2.50. The monoisotopic (exact) mass is 263 g/mol. The molecule has 4 nitrogen and oxygen atoms in total. The number of methoxy groups -OCH3 is 1. The molecule has 0 heterocycles. The first-order valence-electron chi connectivity index (χ1n) is 5.64. The minimum atomic E-state index is 0.623. The lowest BCUT2D eigenvalue weighted by atomic mass is 10.1. The third-order valence-corrected chi connectivity index (χ3v) is 2.86. The Kier molecular flexibility index (Phi) is 6.12. The van der Waals surface area contributed by atoms with Crippen LogP contribution in [-0.4, -0.2) is 37.3 Å². The van der Waals surface area contributed by atoms with Gasteiger partial charge in [-0.15, -0.1) is 0 Å². The number of nitrogens with zero attached hydrogens (tertiary/aromatic N) is 2. The van der Waals surface area contributed by atoms with Crippen molar-refractivity contribution in [2.45, 2.75) is 6.54 Å². The first kappa shape index (κ1) is 14.4. The Bertz CT molecular complexity index is 442. The van der Waals surface area contributed by atoms with Gasteiger partial charge in [0.1, 0.15) is 0 Å². The van der Waals surface area contributed by atoms with Crippen molar-refractivity contribution in [3.8, 4) is 6.07 Å². The second-order valence-corrected chi connectivity index (χ2v) is 4.28. The summed E-state index contributed by atoms with van der Waals surface area (Å²) in [7, 11) is 3.57. The highest BCUT2D eigenvalue weighted by atomic mass is 32.1. The summed E-state index contributed by atoms with van der Waals surface area (Å²) in [5.41, 5.74) is 1.73. The van der Waals surface area contributed by atoms with Gasteiger partial charge >= 0.3 is 0 Å². The van der Waals surface area contributed by atoms with Gasteiger partial charge in [-0.2, -0.15) is 5.26 Å². The molecule has 0 fully saturated rings. The molecule has 0 aliphatic carbocycles. The molecule has 0 aromatic heterocycles. The average molecular weight is 263 g/mol. The highest BCUT2D eigenvalue weighted by Gasteiger charge is 2.04. The third kappa shape index (κ3) is 4.70. The molecule has 5 heteroatoms. The Labute approximate surface area is 113 Å². The molecule has 1 N–H and O–H groups in total. The van der Waals surface area contributed by atoms with Crippen molar-refractivity contribution in [1.29, 1.82) is 5.26 Å². The van der Waals surface area contributed by atoms with Gasteiger partial charge in [0.15, 0.2) is 5.11 Å². The summed E-state index contributed by atoms with van der Waals surface area (Å²) >= 11 is 5.24. The summed E-state index contributed by atoms with van der Waals surface area (Å²) < 4.78 is 4.94. The molecule has 0 saturated carbocycles. The largest absolute Gasteiger partial charge is 0.383 e. The maximum Gasteiger partial charge on any atom is 0.169 e. The summed E-state index contributed by atoms with van der Waals surface area (Å²) in [5.74, 6) is 0. The van der Waals surface area contributed by atoms with Crippen molar-refractivity contribution in [2.24, 2.45) is 0 Å². The minimum absolute atomic E-state index is 0.623. The van der Waals surface area contributed by atoms with Gasteiger partial charge in [0.2, 0.25) is 0 Å². The second-order valence-electron chi connectivity index (χ2n) is 3.89. The van der Waals surface area contributed by atoms with E-state index >= 15 is 0 Å². The van der Waals surface area contributed by atoms with Gasteiger partial charge in [-0.1, -0.05) is 12.1 Å². The van der Waals surface area contributed by atoms with Crippen molar-refractivity contribution in [3.63, 3.8) is 0 Å². The van der Waals surface area contributed by atoms with E-state index in [0.717, 1.165) is 5.56 Å². The van der Waals surface area contributed by atoms with Crippen LogP contribution in [0.15, 0.2) is 24.3 Å². The lowest BCUT2D eigenvalue weighted by Crippen LogP contribution is -2.38. The molecule has 0 spiro atoms. The molecule has 0 atom stereocenters. The van der Waals surface area contributed by atoms with Crippen molar-refractivity contribution in [1.82, 2.24) is 10.2 Å². The lowest BCUT2D eigenvalue weighted by molar-refractivity contribution is 0.203. The zero-order valence-electron chi connectivity index (χ0n) is 10.6. The van der Waals surface area contributed by atoms with E-state index in [1.807, 2.05) is 30.1 Å². The maximum atomic E-state index is 8.83. The van der Waals surface area contributed by atoms with Crippen LogP contribution in [-0.2, 0) is 11.3 Å². The van der Waals surface area contributed by atoms with Crippen LogP contribution in [0.3, 0.4) is 0 Å². The molecule has 0 saturated heterocycles. The van der Waals surface area contributed by atoms with E-state index in [4.69, 9.17) is 22.2 Å². The fraction of sp³-hybridized carbons (Fsp3) is 0.385. The molecule has 0 bridgehead atoms. The van der Waals surface area contributed by atoms with Crippen LogP contribution in [0.5, 0.6) is 0 Å². The fourth-order valence-corrected chi connectivity index (χ4v) is 1.65. The molecule has 0 radical (unpaired) electrons. The molecule has 96 valence electrons. The van der Waals surface area contributed by atoms with Gasteiger partial charge in [-0.25, -0.2) is 0 Å². The third-order valence-electron chi connectivity index (χ3n) is 2.40. The Hall–Kier alpha value is -1.64. The van der Waals surface area contributed by atoms with E-state index in [-0.39, 0.29) is 0 Å². The summed E-state index contributed by atoms with van der Waals surface area (Å²) in [5, 5.41) is 12.6. The van der Waals surface area contributed by atoms with Gasteiger partial charge in [-0.05, 0) is 29.9 Å². The van der Waals surface area contributed by atoms with Crippen LogP contribution in [0.1, 0.15) is 11.1 Å². The first-order valence-corrected chi connectivity index (χ1v) is 6.05. The van der Waals surface area contributed by atoms with E-state index in [2.05, 4.69) is 11.4 Å². The predicted molar refractivity (Wildman–Crippen MR) is 75.1 cm³/mol. The molecule has 18 heavy (non-hydrogen) atoms. The Morgan fingerprint density at radius 2 is 2.33 bits per heavy atom. The van der Waals surface area contributed by atoms with Gasteiger partial charge in [0.25, 0.3) is 0 Å². The fourth-order valence-electron chi connectivity index (χ4n) is 1.48. The quantitative estimate of drug-likeness (QED) is 0.644. The van der Waals surface area contributed by atoms with Crippen molar-refractivity contribution >= 4 is 17.3 Å². The van der Waals surface area contributed by atoms with E-state index in [1.165, 1.54) is 0 Å². The van der Waals surface area contributed by atoms with Gasteiger partial charge in [0.05, 0.1) is 18.2 Å². The smallest absolute Gasteiger partial charge is 0.169 e. The number of hydrogen-bond donors (Lipinski definition) is 1. The number of benzene rings is 1. The number of ether oxygens (including phenoxy) is 1.